The summed E-state index contributed by atoms with van der Waals surface area (Å²) in [6.45, 7) is 2.03. The molecule has 3 nitrogen and oxygen atoms in total. The maximum Gasteiger partial charge on any atom is 0.410 e. The fraction of sp³-hybridized carbons (Fsp3) is 0.188. The molecule has 1 aliphatic carbocycles. The minimum atomic E-state index is 0.974. The molecule has 0 spiro atoms. The molecule has 0 saturated carbocycles. The Labute approximate surface area is 121 Å². The predicted octanol–water partition coefficient (Wildman–Crippen LogP) is 3.07. The van der Waals surface area contributed by atoms with Gasteiger partial charge in [0.25, 0.3) is 0 Å². The monoisotopic (exact) mass is 280 g/mol. The second-order valence-corrected chi connectivity index (χ2v) is 6.19. The van der Waals surface area contributed by atoms with Crippen LogP contribution in [0.15, 0.2) is 36.5 Å². The van der Waals surface area contributed by atoms with E-state index in [2.05, 4.69) is 40.4 Å². The summed E-state index contributed by atoms with van der Waals surface area (Å²) in [6.07, 6.45) is 6.40. The molecule has 98 valence electrons. The van der Waals surface area contributed by atoms with Crippen molar-refractivity contribution in [3.05, 3.63) is 58.4 Å². The number of hydrogen-bond acceptors (Lipinski definition) is 3. The molecule has 0 atom stereocenters. The largest absolute Gasteiger partial charge is 0.410 e. The topological polar surface area (TPSA) is 29.9 Å². The number of fused-ring (bicyclic) bond motifs is 3. The van der Waals surface area contributed by atoms with Crippen LogP contribution in [0.25, 0.3) is 16.6 Å². The first-order chi connectivity index (χ1) is 9.81. The Morgan fingerprint density at radius 1 is 1.20 bits per heavy atom. The highest BCUT2D eigenvalue weighted by molar-refractivity contribution is 7.16. The van der Waals surface area contributed by atoms with Gasteiger partial charge in [-0.2, -0.15) is 0 Å². The number of hydrogen-bond donors (Lipinski definition) is 0. The quantitative estimate of drug-likeness (QED) is 0.641. The maximum absolute atomic E-state index is 4.61. The number of aryl methyl sites for hydroxylation is 2. The average molecular weight is 280 g/mol. The fourth-order valence-electron chi connectivity index (χ4n) is 2.74. The molecule has 1 aromatic carbocycles. The standard InChI is InChI=1S/C16H14N3S/c1-11-18-19-15-13(9-12-5-3-2-4-6-12)7-8-14(15)10-17-16(19)20-11/h2-6,9-10H,7-8H2,1H3/q+1/b13-9+. The Morgan fingerprint density at radius 2 is 2.05 bits per heavy atom. The van der Waals surface area contributed by atoms with Crippen LogP contribution in [-0.4, -0.2) is 10.1 Å². The van der Waals surface area contributed by atoms with Gasteiger partial charge in [-0.15, -0.1) is 0 Å². The molecule has 2 aromatic heterocycles. The van der Waals surface area contributed by atoms with Crippen LogP contribution in [0.3, 0.4) is 0 Å². The van der Waals surface area contributed by atoms with Crippen molar-refractivity contribution in [2.24, 2.45) is 0 Å². The molecule has 0 bridgehead atoms. The second kappa shape index (κ2) is 4.49. The van der Waals surface area contributed by atoms with E-state index in [0.29, 0.717) is 0 Å². The SMILES string of the molecule is Cc1n[n+]2c3c(cnc2s1)CC/C3=C\c1ccccc1. The van der Waals surface area contributed by atoms with Crippen LogP contribution in [0.2, 0.25) is 0 Å². The molecule has 0 aliphatic heterocycles. The van der Waals surface area contributed by atoms with Crippen molar-refractivity contribution in [2.45, 2.75) is 19.8 Å². The zero-order chi connectivity index (χ0) is 13.5. The van der Waals surface area contributed by atoms with Gasteiger partial charge in [0.2, 0.25) is 0 Å². The molecular weight excluding hydrogens is 266 g/mol. The van der Waals surface area contributed by atoms with Crippen molar-refractivity contribution in [3.63, 3.8) is 0 Å². The number of allylic oxidation sites excluding steroid dienone is 1. The molecule has 0 radical (unpaired) electrons. The van der Waals surface area contributed by atoms with Crippen molar-refractivity contribution < 1.29 is 4.52 Å². The maximum atomic E-state index is 4.61. The lowest BCUT2D eigenvalue weighted by atomic mass is 10.1. The van der Waals surface area contributed by atoms with E-state index in [0.717, 1.165) is 22.8 Å². The van der Waals surface area contributed by atoms with Gasteiger partial charge in [-0.3, -0.25) is 0 Å². The minimum Gasteiger partial charge on any atom is -0.0828 e. The van der Waals surface area contributed by atoms with E-state index in [1.165, 1.54) is 22.4 Å². The normalized spacial score (nSPS) is 15.9. The number of benzene rings is 1. The van der Waals surface area contributed by atoms with Crippen molar-refractivity contribution in [1.29, 1.82) is 0 Å². The van der Waals surface area contributed by atoms with Crippen LogP contribution >= 0.6 is 11.3 Å². The van der Waals surface area contributed by atoms with Crippen molar-refractivity contribution >= 4 is 27.9 Å². The third-order valence-electron chi connectivity index (χ3n) is 3.62. The summed E-state index contributed by atoms with van der Waals surface area (Å²) < 4.78 is 2.01. The molecule has 3 aromatic rings. The van der Waals surface area contributed by atoms with Crippen LogP contribution in [0, 0.1) is 6.92 Å². The first-order valence-electron chi connectivity index (χ1n) is 6.74. The zero-order valence-electron chi connectivity index (χ0n) is 11.2. The molecule has 0 fully saturated rings. The summed E-state index contributed by atoms with van der Waals surface area (Å²) in [6, 6.07) is 10.5. The lowest BCUT2D eigenvalue weighted by Crippen LogP contribution is -2.29. The number of nitrogens with zero attached hydrogens (tertiary/aromatic N) is 3. The first-order valence-corrected chi connectivity index (χ1v) is 7.56. The third kappa shape index (κ3) is 1.84. The minimum absolute atomic E-state index is 0.974. The summed E-state index contributed by atoms with van der Waals surface area (Å²) >= 11 is 1.64. The van der Waals surface area contributed by atoms with E-state index in [1.807, 2.05) is 23.7 Å². The van der Waals surface area contributed by atoms with E-state index in [4.69, 9.17) is 0 Å². The number of aromatic nitrogens is 3. The van der Waals surface area contributed by atoms with Crippen molar-refractivity contribution in [1.82, 2.24) is 10.1 Å². The molecule has 4 rings (SSSR count). The van der Waals surface area contributed by atoms with Crippen LogP contribution in [0.1, 0.15) is 28.2 Å². The Hall–Kier alpha value is -2.07. The molecule has 0 N–H and O–H groups in total. The van der Waals surface area contributed by atoms with Crippen LogP contribution in [0.4, 0.5) is 0 Å². The summed E-state index contributed by atoms with van der Waals surface area (Å²) in [7, 11) is 0. The zero-order valence-corrected chi connectivity index (χ0v) is 12.0. The summed E-state index contributed by atoms with van der Waals surface area (Å²) in [5.74, 6) is 0. The average Bonchev–Trinajstić information content (AvgIpc) is 3.02. The lowest BCUT2D eigenvalue weighted by Gasteiger charge is -1.98. The van der Waals surface area contributed by atoms with Crippen molar-refractivity contribution in [3.8, 4) is 0 Å². The Morgan fingerprint density at radius 3 is 2.90 bits per heavy atom. The van der Waals surface area contributed by atoms with Crippen LogP contribution in [0.5, 0.6) is 0 Å². The highest BCUT2D eigenvalue weighted by Crippen LogP contribution is 2.31. The van der Waals surface area contributed by atoms with E-state index in [-0.39, 0.29) is 0 Å². The molecule has 20 heavy (non-hydrogen) atoms. The highest BCUT2D eigenvalue weighted by atomic mass is 32.1. The molecule has 1 aliphatic rings. The smallest absolute Gasteiger partial charge is 0.0828 e. The van der Waals surface area contributed by atoms with Crippen molar-refractivity contribution in [2.75, 3.05) is 0 Å². The Balaban J connectivity index is 1.92. The predicted molar refractivity (Wildman–Crippen MR) is 80.4 cm³/mol. The Bertz CT molecular complexity index is 818. The second-order valence-electron chi connectivity index (χ2n) is 5.03. The number of rotatable bonds is 1. The summed E-state index contributed by atoms with van der Waals surface area (Å²) in [5, 5.41) is 5.66. The fourth-order valence-corrected chi connectivity index (χ4v) is 3.45. The molecular formula is C16H14N3S+. The third-order valence-corrected chi connectivity index (χ3v) is 4.45. The molecule has 0 saturated heterocycles. The van der Waals surface area contributed by atoms with E-state index >= 15 is 0 Å². The van der Waals surface area contributed by atoms with E-state index in [9.17, 15) is 0 Å². The van der Waals surface area contributed by atoms with Gasteiger partial charge in [-0.1, -0.05) is 39.9 Å². The Kier molecular flexibility index (Phi) is 2.63. The molecule has 2 heterocycles. The first kappa shape index (κ1) is 11.7. The van der Waals surface area contributed by atoms with Gasteiger partial charge in [0.05, 0.1) is 0 Å². The lowest BCUT2D eigenvalue weighted by molar-refractivity contribution is -0.581. The van der Waals surface area contributed by atoms with Gasteiger partial charge in [0.1, 0.15) is 11.2 Å². The summed E-state index contributed by atoms with van der Waals surface area (Å²) in [5.41, 5.74) is 5.14. The molecule has 4 heteroatoms. The summed E-state index contributed by atoms with van der Waals surface area (Å²) in [4.78, 5) is 5.48. The molecule has 0 unspecified atom stereocenters. The van der Waals surface area contributed by atoms with Gasteiger partial charge in [0.15, 0.2) is 5.69 Å². The van der Waals surface area contributed by atoms with Gasteiger partial charge >= 0.3 is 4.96 Å². The van der Waals surface area contributed by atoms with Gasteiger partial charge in [-0.25, -0.2) is 0 Å². The van der Waals surface area contributed by atoms with E-state index in [1.54, 1.807) is 11.3 Å². The van der Waals surface area contributed by atoms with Crippen LogP contribution < -0.4 is 4.52 Å². The van der Waals surface area contributed by atoms with Gasteiger partial charge < -0.3 is 0 Å². The van der Waals surface area contributed by atoms with Gasteiger partial charge in [-0.05, 0) is 47.7 Å². The van der Waals surface area contributed by atoms with E-state index < -0.39 is 0 Å². The van der Waals surface area contributed by atoms with Crippen LogP contribution in [-0.2, 0) is 6.42 Å². The highest BCUT2D eigenvalue weighted by Gasteiger charge is 2.27. The molecule has 0 amide bonds. The van der Waals surface area contributed by atoms with Gasteiger partial charge in [0, 0.05) is 11.1 Å².